The van der Waals surface area contributed by atoms with E-state index in [-0.39, 0.29) is 11.8 Å². The molecule has 1 saturated carbocycles. The van der Waals surface area contributed by atoms with Gasteiger partial charge in [0.2, 0.25) is 5.89 Å². The summed E-state index contributed by atoms with van der Waals surface area (Å²) in [5.74, 6) is 2.43. The van der Waals surface area contributed by atoms with Crippen molar-refractivity contribution < 1.29 is 18.5 Å². The molecule has 0 spiro atoms. The number of likely N-dealkylation sites (tertiary alicyclic amines) is 1. The van der Waals surface area contributed by atoms with E-state index in [1.165, 1.54) is 19.1 Å². The van der Waals surface area contributed by atoms with Crippen LogP contribution in [0.25, 0.3) is 0 Å². The number of aromatic nitrogens is 2. The molecular formula is C17H21N3O4. The fourth-order valence-corrected chi connectivity index (χ4v) is 2.94. The van der Waals surface area contributed by atoms with E-state index in [4.69, 9.17) is 13.7 Å². The minimum Gasteiger partial charge on any atom is -0.459 e. The molecule has 1 aliphatic heterocycles. The highest BCUT2D eigenvalue weighted by Gasteiger charge is 2.32. The Morgan fingerprint density at radius 1 is 1.38 bits per heavy atom. The van der Waals surface area contributed by atoms with Gasteiger partial charge in [-0.2, -0.15) is 4.98 Å². The molecule has 1 unspecified atom stereocenters. The predicted molar refractivity (Wildman–Crippen MR) is 83.5 cm³/mol. The Hall–Kier alpha value is -2.15. The number of ether oxygens (including phenoxy) is 1. The van der Waals surface area contributed by atoms with Crippen molar-refractivity contribution in [3.63, 3.8) is 0 Å². The van der Waals surface area contributed by atoms with Crippen molar-refractivity contribution in [1.29, 1.82) is 0 Å². The van der Waals surface area contributed by atoms with E-state index in [0.29, 0.717) is 43.6 Å². The molecule has 128 valence electrons. The van der Waals surface area contributed by atoms with Crippen LogP contribution in [0.2, 0.25) is 0 Å². The molecule has 1 atom stereocenters. The molecule has 2 aromatic rings. The first kappa shape index (κ1) is 15.4. The van der Waals surface area contributed by atoms with Gasteiger partial charge in [-0.05, 0) is 37.3 Å². The van der Waals surface area contributed by atoms with Crippen LogP contribution in [0.5, 0.6) is 0 Å². The monoisotopic (exact) mass is 331 g/mol. The predicted octanol–water partition coefficient (Wildman–Crippen LogP) is 2.26. The van der Waals surface area contributed by atoms with Gasteiger partial charge in [-0.1, -0.05) is 5.16 Å². The van der Waals surface area contributed by atoms with Gasteiger partial charge >= 0.3 is 0 Å². The van der Waals surface area contributed by atoms with Gasteiger partial charge in [0.1, 0.15) is 0 Å². The van der Waals surface area contributed by atoms with Crippen LogP contribution < -0.4 is 0 Å². The molecule has 1 saturated heterocycles. The summed E-state index contributed by atoms with van der Waals surface area (Å²) < 4.78 is 16.2. The van der Waals surface area contributed by atoms with Gasteiger partial charge < -0.3 is 18.6 Å². The van der Waals surface area contributed by atoms with E-state index < -0.39 is 0 Å². The van der Waals surface area contributed by atoms with Gasteiger partial charge in [0.15, 0.2) is 11.6 Å². The molecule has 0 radical (unpaired) electrons. The molecule has 3 heterocycles. The molecule has 2 aromatic heterocycles. The quantitative estimate of drug-likeness (QED) is 0.724. The van der Waals surface area contributed by atoms with E-state index in [1.807, 2.05) is 0 Å². The second-order valence-corrected chi connectivity index (χ2v) is 6.53. The first-order chi connectivity index (χ1) is 11.8. The molecule has 24 heavy (non-hydrogen) atoms. The first-order valence-corrected chi connectivity index (χ1v) is 8.52. The Balaban J connectivity index is 1.28. The third-order valence-corrected chi connectivity index (χ3v) is 4.56. The molecule has 4 rings (SSSR count). The van der Waals surface area contributed by atoms with Gasteiger partial charge in [-0.15, -0.1) is 0 Å². The number of carbonyl (C=O) groups excluding carboxylic acids is 1. The maximum Gasteiger partial charge on any atom is 0.289 e. The van der Waals surface area contributed by atoms with Crippen LogP contribution in [-0.2, 0) is 11.2 Å². The summed E-state index contributed by atoms with van der Waals surface area (Å²) in [7, 11) is 0. The van der Waals surface area contributed by atoms with Crippen molar-refractivity contribution in [1.82, 2.24) is 15.0 Å². The minimum absolute atomic E-state index is 0.0873. The van der Waals surface area contributed by atoms with Gasteiger partial charge in [-0.3, -0.25) is 4.79 Å². The Labute approximate surface area is 140 Å². The van der Waals surface area contributed by atoms with Gasteiger partial charge in [0.25, 0.3) is 5.91 Å². The third kappa shape index (κ3) is 3.51. The highest BCUT2D eigenvalue weighted by molar-refractivity contribution is 5.91. The smallest absolute Gasteiger partial charge is 0.289 e. The Bertz CT molecular complexity index is 678. The summed E-state index contributed by atoms with van der Waals surface area (Å²) in [6.45, 7) is 2.73. The van der Waals surface area contributed by atoms with Crippen molar-refractivity contribution in [2.45, 2.75) is 31.6 Å². The fourth-order valence-electron chi connectivity index (χ4n) is 2.94. The number of nitrogens with zero attached hydrogens (tertiary/aromatic N) is 3. The van der Waals surface area contributed by atoms with Crippen molar-refractivity contribution in [2.24, 2.45) is 5.92 Å². The number of furan rings is 1. The third-order valence-electron chi connectivity index (χ3n) is 4.56. The van der Waals surface area contributed by atoms with Crippen LogP contribution in [0.15, 0.2) is 27.3 Å². The van der Waals surface area contributed by atoms with Crippen LogP contribution in [0.3, 0.4) is 0 Å². The summed E-state index contributed by atoms with van der Waals surface area (Å²) in [4.78, 5) is 18.5. The fraction of sp³-hybridized carbons (Fsp3) is 0.588. The SMILES string of the molecule is O=C(c1ccco1)N1CCC(c2nc(CCOCC3CC3)no2)C1. The van der Waals surface area contributed by atoms with E-state index in [9.17, 15) is 4.79 Å². The second kappa shape index (κ2) is 6.76. The van der Waals surface area contributed by atoms with Crippen molar-refractivity contribution >= 4 is 5.91 Å². The summed E-state index contributed by atoms with van der Waals surface area (Å²) in [6.07, 6.45) is 5.59. The number of amides is 1. The van der Waals surface area contributed by atoms with Crippen molar-refractivity contribution in [3.8, 4) is 0 Å². The first-order valence-electron chi connectivity index (χ1n) is 8.52. The standard InChI is InChI=1S/C17H21N3O4/c21-17(14-2-1-8-23-14)20-7-5-13(10-20)16-18-15(19-24-16)6-9-22-11-12-3-4-12/h1-2,8,12-13H,3-7,9-11H2. The maximum absolute atomic E-state index is 12.3. The molecule has 0 bridgehead atoms. The zero-order chi connectivity index (χ0) is 16.4. The van der Waals surface area contributed by atoms with Gasteiger partial charge in [-0.25, -0.2) is 0 Å². The van der Waals surface area contributed by atoms with Crippen LogP contribution in [0, 0.1) is 5.92 Å². The summed E-state index contributed by atoms with van der Waals surface area (Å²) in [6, 6.07) is 3.40. The lowest BCUT2D eigenvalue weighted by Crippen LogP contribution is -2.28. The number of rotatable bonds is 7. The molecule has 2 aliphatic rings. The lowest BCUT2D eigenvalue weighted by molar-refractivity contribution is 0.0758. The minimum atomic E-state index is -0.0873. The zero-order valence-corrected chi connectivity index (χ0v) is 13.5. The Kier molecular flexibility index (Phi) is 4.34. The molecular weight excluding hydrogens is 310 g/mol. The highest BCUT2D eigenvalue weighted by atomic mass is 16.5. The van der Waals surface area contributed by atoms with Crippen LogP contribution in [-0.4, -0.2) is 47.3 Å². The van der Waals surface area contributed by atoms with Crippen molar-refractivity contribution in [3.05, 3.63) is 35.9 Å². The molecule has 0 aromatic carbocycles. The normalized spacial score (nSPS) is 20.7. The molecule has 0 N–H and O–H groups in total. The molecule has 7 nitrogen and oxygen atoms in total. The average molecular weight is 331 g/mol. The molecule has 2 fully saturated rings. The largest absolute Gasteiger partial charge is 0.459 e. The van der Waals surface area contributed by atoms with E-state index >= 15 is 0 Å². The summed E-state index contributed by atoms with van der Waals surface area (Å²) in [5.41, 5.74) is 0. The zero-order valence-electron chi connectivity index (χ0n) is 13.5. The van der Waals surface area contributed by atoms with Gasteiger partial charge in [0.05, 0.1) is 18.8 Å². The van der Waals surface area contributed by atoms with E-state index in [0.717, 1.165) is 18.9 Å². The molecule has 7 heteroatoms. The second-order valence-electron chi connectivity index (χ2n) is 6.53. The van der Waals surface area contributed by atoms with Crippen LogP contribution in [0.4, 0.5) is 0 Å². The van der Waals surface area contributed by atoms with E-state index in [2.05, 4.69) is 10.1 Å². The average Bonchev–Trinajstić information content (AvgIpc) is 3.07. The van der Waals surface area contributed by atoms with Gasteiger partial charge in [0, 0.05) is 26.1 Å². The lowest BCUT2D eigenvalue weighted by atomic mass is 10.1. The molecule has 1 amide bonds. The Morgan fingerprint density at radius 3 is 3.08 bits per heavy atom. The van der Waals surface area contributed by atoms with Crippen LogP contribution in [0.1, 0.15) is 47.5 Å². The summed E-state index contributed by atoms with van der Waals surface area (Å²) in [5, 5.41) is 4.02. The molecule has 1 aliphatic carbocycles. The van der Waals surface area contributed by atoms with Crippen molar-refractivity contribution in [2.75, 3.05) is 26.3 Å². The number of carbonyl (C=O) groups is 1. The van der Waals surface area contributed by atoms with E-state index in [1.54, 1.807) is 17.0 Å². The highest BCUT2D eigenvalue weighted by Crippen LogP contribution is 2.29. The number of hydrogen-bond acceptors (Lipinski definition) is 6. The summed E-state index contributed by atoms with van der Waals surface area (Å²) >= 11 is 0. The number of hydrogen-bond donors (Lipinski definition) is 0. The topological polar surface area (TPSA) is 81.6 Å². The lowest BCUT2D eigenvalue weighted by Gasteiger charge is -2.13. The Morgan fingerprint density at radius 2 is 2.29 bits per heavy atom. The van der Waals surface area contributed by atoms with Crippen LogP contribution >= 0.6 is 0 Å². The maximum atomic E-state index is 12.3.